The zero-order valence-corrected chi connectivity index (χ0v) is 14.6. The SMILES string of the molecule is CC(=O)N[C@@H](C(N)=O)C(=O)Nc1ccc(N2CCOCC2=O)cc1C(F)(F)F. The van der Waals surface area contributed by atoms with Gasteiger partial charge in [0.25, 0.3) is 11.8 Å². The minimum atomic E-state index is -4.87. The van der Waals surface area contributed by atoms with E-state index in [0.717, 1.165) is 17.9 Å². The van der Waals surface area contributed by atoms with Crippen LogP contribution in [0.15, 0.2) is 18.2 Å². The highest BCUT2D eigenvalue weighted by Crippen LogP contribution is 2.37. The summed E-state index contributed by atoms with van der Waals surface area (Å²) in [6.45, 7) is 1.01. The minimum Gasteiger partial charge on any atom is -0.370 e. The van der Waals surface area contributed by atoms with Crippen LogP contribution in [0, 0.1) is 0 Å². The third kappa shape index (κ3) is 4.97. The molecule has 152 valence electrons. The van der Waals surface area contributed by atoms with Crippen molar-refractivity contribution in [2.24, 2.45) is 5.73 Å². The summed E-state index contributed by atoms with van der Waals surface area (Å²) in [6.07, 6.45) is -4.87. The largest absolute Gasteiger partial charge is 0.418 e. The third-order valence-electron chi connectivity index (χ3n) is 3.76. The highest BCUT2D eigenvalue weighted by molar-refractivity contribution is 6.11. The van der Waals surface area contributed by atoms with Crippen molar-refractivity contribution in [1.82, 2.24) is 5.32 Å². The predicted octanol–water partition coefficient (Wildman–Crippen LogP) is -0.00290. The summed E-state index contributed by atoms with van der Waals surface area (Å²) in [5.74, 6) is -3.74. The highest BCUT2D eigenvalue weighted by atomic mass is 19.4. The van der Waals surface area contributed by atoms with Gasteiger partial charge in [0.05, 0.1) is 17.9 Å². The Labute approximate surface area is 157 Å². The van der Waals surface area contributed by atoms with Gasteiger partial charge in [-0.25, -0.2) is 0 Å². The number of nitrogens with two attached hydrogens (primary N) is 1. The highest BCUT2D eigenvalue weighted by Gasteiger charge is 2.36. The Hall–Kier alpha value is -3.15. The van der Waals surface area contributed by atoms with E-state index in [4.69, 9.17) is 10.5 Å². The number of carbonyl (C=O) groups excluding carboxylic acids is 4. The van der Waals surface area contributed by atoms with Crippen molar-refractivity contribution in [3.8, 4) is 0 Å². The molecule has 12 heteroatoms. The van der Waals surface area contributed by atoms with Crippen LogP contribution in [0.4, 0.5) is 24.5 Å². The lowest BCUT2D eigenvalue weighted by Crippen LogP contribution is -2.51. The first-order chi connectivity index (χ1) is 13.0. The number of carbonyl (C=O) groups is 4. The van der Waals surface area contributed by atoms with Crippen LogP contribution < -0.4 is 21.3 Å². The fraction of sp³-hybridized carbons (Fsp3) is 0.375. The summed E-state index contributed by atoms with van der Waals surface area (Å²) in [4.78, 5) is 47.5. The summed E-state index contributed by atoms with van der Waals surface area (Å²) < 4.78 is 45.4. The number of amides is 4. The maximum Gasteiger partial charge on any atom is 0.418 e. The Bertz CT molecular complexity index is 812. The van der Waals surface area contributed by atoms with E-state index >= 15 is 0 Å². The third-order valence-corrected chi connectivity index (χ3v) is 3.76. The average Bonchev–Trinajstić information content (AvgIpc) is 2.59. The number of nitrogens with zero attached hydrogens (tertiary/aromatic N) is 1. The Morgan fingerprint density at radius 3 is 2.50 bits per heavy atom. The van der Waals surface area contributed by atoms with Crippen molar-refractivity contribution in [3.63, 3.8) is 0 Å². The molecule has 0 spiro atoms. The minimum absolute atomic E-state index is 0.0214. The lowest BCUT2D eigenvalue weighted by molar-refractivity contribution is -0.137. The molecule has 2 rings (SSSR count). The Morgan fingerprint density at radius 1 is 1.29 bits per heavy atom. The van der Waals surface area contributed by atoms with E-state index in [9.17, 15) is 32.3 Å². The maximum absolute atomic E-state index is 13.5. The molecule has 4 N–H and O–H groups in total. The number of hydrogen-bond acceptors (Lipinski definition) is 5. The molecule has 0 unspecified atom stereocenters. The average molecular weight is 402 g/mol. The van der Waals surface area contributed by atoms with Gasteiger partial charge in [-0.15, -0.1) is 0 Å². The van der Waals surface area contributed by atoms with Crippen LogP contribution in [0.25, 0.3) is 0 Å². The van der Waals surface area contributed by atoms with Gasteiger partial charge in [0.2, 0.25) is 11.8 Å². The monoisotopic (exact) mass is 402 g/mol. The second-order valence-electron chi connectivity index (χ2n) is 5.85. The fourth-order valence-corrected chi connectivity index (χ4v) is 2.51. The molecule has 0 aromatic heterocycles. The van der Waals surface area contributed by atoms with Gasteiger partial charge < -0.3 is 26.0 Å². The van der Waals surface area contributed by atoms with Gasteiger partial charge >= 0.3 is 6.18 Å². The Balaban J connectivity index is 2.35. The summed E-state index contributed by atoms with van der Waals surface area (Å²) in [6, 6.07) is 1.02. The first-order valence-electron chi connectivity index (χ1n) is 7.97. The van der Waals surface area contributed by atoms with Crippen molar-refractivity contribution in [1.29, 1.82) is 0 Å². The van der Waals surface area contributed by atoms with E-state index in [1.807, 2.05) is 10.6 Å². The summed E-state index contributed by atoms with van der Waals surface area (Å²) >= 11 is 0. The molecule has 1 aromatic rings. The van der Waals surface area contributed by atoms with Crippen LogP contribution >= 0.6 is 0 Å². The molecular formula is C16H17F3N4O5. The van der Waals surface area contributed by atoms with Crippen molar-refractivity contribution in [2.75, 3.05) is 30.0 Å². The summed E-state index contributed by atoms with van der Waals surface area (Å²) in [7, 11) is 0. The number of ether oxygens (including phenoxy) is 1. The molecule has 1 heterocycles. The standard InChI is InChI=1S/C16H17F3N4O5/c1-8(24)21-13(14(20)26)15(27)22-11-3-2-9(6-10(11)16(17,18)19)23-4-5-28-7-12(23)25/h2-3,6,13H,4-5,7H2,1H3,(H2,20,26)(H,21,24)(H,22,27)/t13-/m0/s1. The molecule has 9 nitrogen and oxygen atoms in total. The quantitative estimate of drug-likeness (QED) is 0.597. The molecule has 0 aliphatic carbocycles. The zero-order valence-electron chi connectivity index (χ0n) is 14.6. The van der Waals surface area contributed by atoms with E-state index in [2.05, 4.69) is 0 Å². The van der Waals surface area contributed by atoms with Crippen LogP contribution in [-0.2, 0) is 30.1 Å². The fourth-order valence-electron chi connectivity index (χ4n) is 2.51. The van der Waals surface area contributed by atoms with Gasteiger partial charge in [-0.1, -0.05) is 0 Å². The van der Waals surface area contributed by atoms with Crippen LogP contribution in [0.1, 0.15) is 12.5 Å². The molecule has 1 aromatic carbocycles. The molecular weight excluding hydrogens is 385 g/mol. The lowest BCUT2D eigenvalue weighted by atomic mass is 10.1. The Kier molecular flexibility index (Phi) is 6.23. The molecule has 1 saturated heterocycles. The number of anilines is 2. The van der Waals surface area contributed by atoms with Crippen LogP contribution in [0.5, 0.6) is 0 Å². The molecule has 1 atom stereocenters. The maximum atomic E-state index is 13.5. The van der Waals surface area contributed by atoms with Crippen LogP contribution in [0.3, 0.4) is 0 Å². The van der Waals surface area contributed by atoms with E-state index in [1.54, 1.807) is 0 Å². The Morgan fingerprint density at radius 2 is 1.96 bits per heavy atom. The molecule has 4 amide bonds. The van der Waals surface area contributed by atoms with Gasteiger partial charge in [0, 0.05) is 19.2 Å². The van der Waals surface area contributed by atoms with Gasteiger partial charge in [0.15, 0.2) is 6.04 Å². The molecule has 0 radical (unpaired) electrons. The van der Waals surface area contributed by atoms with Gasteiger partial charge in [-0.05, 0) is 18.2 Å². The molecule has 0 saturated carbocycles. The van der Waals surface area contributed by atoms with Gasteiger partial charge in [-0.3, -0.25) is 19.2 Å². The van der Waals surface area contributed by atoms with Crippen molar-refractivity contribution >= 4 is 35.0 Å². The summed E-state index contributed by atoms with van der Waals surface area (Å²) in [5, 5.41) is 3.90. The van der Waals surface area contributed by atoms with E-state index in [1.165, 1.54) is 6.07 Å². The van der Waals surface area contributed by atoms with E-state index in [-0.39, 0.29) is 25.4 Å². The second kappa shape index (κ2) is 8.25. The van der Waals surface area contributed by atoms with Crippen molar-refractivity contribution < 1.29 is 37.1 Å². The molecule has 1 aliphatic rings. The normalized spacial score (nSPS) is 15.7. The van der Waals surface area contributed by atoms with Gasteiger partial charge in [-0.2, -0.15) is 13.2 Å². The van der Waals surface area contributed by atoms with Crippen LogP contribution in [-0.4, -0.2) is 49.4 Å². The van der Waals surface area contributed by atoms with Crippen LogP contribution in [0.2, 0.25) is 0 Å². The lowest BCUT2D eigenvalue weighted by Gasteiger charge is -2.28. The number of primary amides is 1. The van der Waals surface area contributed by atoms with E-state index < -0.39 is 47.1 Å². The number of halogens is 3. The van der Waals surface area contributed by atoms with E-state index in [0.29, 0.717) is 6.07 Å². The number of alkyl halides is 3. The first kappa shape index (κ1) is 21.2. The molecule has 0 bridgehead atoms. The number of nitrogens with one attached hydrogen (secondary N) is 2. The number of morpholine rings is 1. The van der Waals surface area contributed by atoms with Crippen molar-refractivity contribution in [2.45, 2.75) is 19.1 Å². The number of hydrogen-bond donors (Lipinski definition) is 3. The summed E-state index contributed by atoms with van der Waals surface area (Å²) in [5.41, 5.74) is 3.10. The van der Waals surface area contributed by atoms with Crippen molar-refractivity contribution in [3.05, 3.63) is 23.8 Å². The first-order valence-corrected chi connectivity index (χ1v) is 7.97. The topological polar surface area (TPSA) is 131 Å². The molecule has 28 heavy (non-hydrogen) atoms. The van der Waals surface area contributed by atoms with Gasteiger partial charge in [0.1, 0.15) is 6.61 Å². The number of rotatable bonds is 5. The predicted molar refractivity (Wildman–Crippen MR) is 90.0 cm³/mol. The second-order valence-corrected chi connectivity index (χ2v) is 5.85. The molecule has 1 fully saturated rings. The molecule has 1 aliphatic heterocycles. The smallest absolute Gasteiger partial charge is 0.370 e. The number of benzene rings is 1. The zero-order chi connectivity index (χ0) is 21.1.